The van der Waals surface area contributed by atoms with Crippen LogP contribution < -0.4 is 20.3 Å². The molecule has 3 aromatic rings. The molecule has 166 valence electrons. The maximum Gasteiger partial charge on any atom is 0.171 e. The molecule has 1 aromatic carbocycles. The predicted octanol–water partition coefficient (Wildman–Crippen LogP) is 5.84. The number of nitrogens with zero attached hydrogens (tertiary/aromatic N) is 3. The largest absolute Gasteiger partial charge is 0.456 e. The second-order valence-electron chi connectivity index (χ2n) is 7.56. The van der Waals surface area contributed by atoms with Gasteiger partial charge in [-0.15, -0.1) is 0 Å². The van der Waals surface area contributed by atoms with Crippen LogP contribution in [0, 0.1) is 6.92 Å². The van der Waals surface area contributed by atoms with Gasteiger partial charge in [-0.2, -0.15) is 0 Å². The van der Waals surface area contributed by atoms with E-state index in [2.05, 4.69) is 25.5 Å². The Morgan fingerprint density at radius 1 is 1.16 bits per heavy atom. The average molecular weight is 488 g/mol. The van der Waals surface area contributed by atoms with Crippen molar-refractivity contribution in [2.45, 2.75) is 25.8 Å². The number of piperidine rings is 1. The molecule has 0 unspecified atom stereocenters. The van der Waals surface area contributed by atoms with Crippen molar-refractivity contribution in [2.75, 3.05) is 23.3 Å². The molecule has 6 nitrogen and oxygen atoms in total. The number of rotatable bonds is 5. The Labute approximate surface area is 202 Å². The minimum absolute atomic E-state index is 0.276. The summed E-state index contributed by atoms with van der Waals surface area (Å²) in [5, 5.41) is 8.35. The highest BCUT2D eigenvalue weighted by Gasteiger charge is 2.23. The molecule has 0 radical (unpaired) electrons. The van der Waals surface area contributed by atoms with Crippen LogP contribution in [0.1, 0.15) is 18.4 Å². The molecule has 1 saturated heterocycles. The molecule has 0 atom stereocenters. The van der Waals surface area contributed by atoms with Gasteiger partial charge in [0, 0.05) is 42.6 Å². The maximum atomic E-state index is 6.67. The zero-order valence-electron chi connectivity index (χ0n) is 17.5. The van der Waals surface area contributed by atoms with Crippen molar-refractivity contribution in [3.05, 3.63) is 70.6 Å². The van der Waals surface area contributed by atoms with E-state index in [-0.39, 0.29) is 6.04 Å². The summed E-state index contributed by atoms with van der Waals surface area (Å²) in [6.07, 6.45) is 7.01. The van der Waals surface area contributed by atoms with Gasteiger partial charge in [-0.1, -0.05) is 23.2 Å². The van der Waals surface area contributed by atoms with E-state index in [0.717, 1.165) is 43.0 Å². The SMILES string of the molecule is Cc1cc(Oc2ccnc(N3CCC(NC(=S)Nc4cccnc4)CC3)c2Cl)ccc1Cl. The molecule has 1 aliphatic heterocycles. The van der Waals surface area contributed by atoms with Crippen LogP contribution >= 0.6 is 35.4 Å². The molecule has 9 heteroatoms. The Morgan fingerprint density at radius 3 is 2.69 bits per heavy atom. The fourth-order valence-corrected chi connectivity index (χ4v) is 4.22. The fraction of sp³-hybridized carbons (Fsp3) is 0.261. The van der Waals surface area contributed by atoms with Crippen LogP contribution in [-0.2, 0) is 0 Å². The number of hydrogen-bond donors (Lipinski definition) is 2. The first-order valence-corrected chi connectivity index (χ1v) is 11.5. The molecule has 0 aliphatic carbocycles. The monoisotopic (exact) mass is 487 g/mol. The van der Waals surface area contributed by atoms with Gasteiger partial charge in [-0.05, 0) is 67.9 Å². The molecule has 0 saturated carbocycles. The van der Waals surface area contributed by atoms with E-state index in [1.54, 1.807) is 24.7 Å². The number of anilines is 2. The lowest BCUT2D eigenvalue weighted by Crippen LogP contribution is -2.46. The smallest absolute Gasteiger partial charge is 0.171 e. The Bertz CT molecular complexity index is 1090. The van der Waals surface area contributed by atoms with Gasteiger partial charge >= 0.3 is 0 Å². The molecule has 1 fully saturated rings. The topological polar surface area (TPSA) is 62.3 Å². The minimum Gasteiger partial charge on any atom is -0.456 e. The van der Waals surface area contributed by atoms with E-state index in [9.17, 15) is 0 Å². The summed E-state index contributed by atoms with van der Waals surface area (Å²) >= 11 is 18.2. The van der Waals surface area contributed by atoms with Crippen LogP contribution in [-0.4, -0.2) is 34.2 Å². The van der Waals surface area contributed by atoms with Crippen LogP contribution in [0.15, 0.2) is 55.0 Å². The highest BCUT2D eigenvalue weighted by atomic mass is 35.5. The first-order chi connectivity index (χ1) is 15.5. The molecular formula is C23H23Cl2N5OS. The second kappa shape index (κ2) is 10.3. The van der Waals surface area contributed by atoms with Gasteiger partial charge in [0.15, 0.2) is 16.7 Å². The number of aromatic nitrogens is 2. The fourth-order valence-electron chi connectivity index (χ4n) is 3.55. The lowest BCUT2D eigenvalue weighted by atomic mass is 10.1. The Balaban J connectivity index is 1.35. The van der Waals surface area contributed by atoms with Crippen LogP contribution in [0.5, 0.6) is 11.5 Å². The molecule has 2 aromatic heterocycles. The Morgan fingerprint density at radius 2 is 1.97 bits per heavy atom. The maximum absolute atomic E-state index is 6.67. The van der Waals surface area contributed by atoms with Crippen LogP contribution in [0.4, 0.5) is 11.5 Å². The molecular weight excluding hydrogens is 465 g/mol. The summed E-state index contributed by atoms with van der Waals surface area (Å²) < 4.78 is 6.01. The van der Waals surface area contributed by atoms with Crippen molar-refractivity contribution in [1.82, 2.24) is 15.3 Å². The molecule has 0 amide bonds. The molecule has 0 spiro atoms. The van der Waals surface area contributed by atoms with E-state index in [1.807, 2.05) is 37.3 Å². The van der Waals surface area contributed by atoms with Gasteiger partial charge < -0.3 is 20.3 Å². The summed E-state index contributed by atoms with van der Waals surface area (Å²) in [5.74, 6) is 1.98. The van der Waals surface area contributed by atoms with Crippen molar-refractivity contribution in [2.24, 2.45) is 0 Å². The average Bonchev–Trinajstić information content (AvgIpc) is 2.79. The van der Waals surface area contributed by atoms with E-state index in [1.165, 1.54) is 0 Å². The van der Waals surface area contributed by atoms with E-state index >= 15 is 0 Å². The third-order valence-electron chi connectivity index (χ3n) is 5.24. The molecule has 32 heavy (non-hydrogen) atoms. The van der Waals surface area contributed by atoms with Crippen LogP contribution in [0.2, 0.25) is 10.0 Å². The molecule has 2 N–H and O–H groups in total. The van der Waals surface area contributed by atoms with Gasteiger partial charge in [-0.3, -0.25) is 4.98 Å². The van der Waals surface area contributed by atoms with E-state index in [4.69, 9.17) is 40.2 Å². The lowest BCUT2D eigenvalue weighted by molar-refractivity contribution is 0.462. The van der Waals surface area contributed by atoms with Gasteiger partial charge in [0.25, 0.3) is 0 Å². The number of benzene rings is 1. The zero-order chi connectivity index (χ0) is 22.5. The lowest BCUT2D eigenvalue weighted by Gasteiger charge is -2.34. The molecule has 1 aliphatic rings. The number of aryl methyl sites for hydroxylation is 1. The Hall–Kier alpha value is -2.61. The van der Waals surface area contributed by atoms with Gasteiger partial charge in [0.2, 0.25) is 0 Å². The zero-order valence-corrected chi connectivity index (χ0v) is 19.8. The van der Waals surface area contributed by atoms with E-state index in [0.29, 0.717) is 26.7 Å². The van der Waals surface area contributed by atoms with Crippen LogP contribution in [0.25, 0.3) is 0 Å². The number of ether oxygens (including phenoxy) is 1. The summed E-state index contributed by atoms with van der Waals surface area (Å²) in [7, 11) is 0. The van der Waals surface area contributed by atoms with Gasteiger partial charge in [0.1, 0.15) is 10.8 Å². The normalized spacial score (nSPS) is 14.2. The van der Waals surface area contributed by atoms with Crippen molar-refractivity contribution in [3.8, 4) is 11.5 Å². The van der Waals surface area contributed by atoms with E-state index < -0.39 is 0 Å². The van der Waals surface area contributed by atoms with Crippen LogP contribution in [0.3, 0.4) is 0 Å². The summed E-state index contributed by atoms with van der Waals surface area (Å²) in [6.45, 7) is 3.55. The number of nitrogens with one attached hydrogen (secondary N) is 2. The molecule has 0 bridgehead atoms. The second-order valence-corrected chi connectivity index (χ2v) is 8.75. The first kappa shape index (κ1) is 22.6. The number of thiocarbonyl (C=S) groups is 1. The number of pyridine rings is 2. The summed E-state index contributed by atoms with van der Waals surface area (Å²) in [5.41, 5.74) is 1.81. The van der Waals surface area contributed by atoms with Crippen molar-refractivity contribution >= 4 is 52.0 Å². The van der Waals surface area contributed by atoms with Gasteiger partial charge in [0.05, 0.1) is 11.9 Å². The van der Waals surface area contributed by atoms with Crippen molar-refractivity contribution in [1.29, 1.82) is 0 Å². The van der Waals surface area contributed by atoms with Crippen molar-refractivity contribution in [3.63, 3.8) is 0 Å². The first-order valence-electron chi connectivity index (χ1n) is 10.3. The summed E-state index contributed by atoms with van der Waals surface area (Å²) in [6, 6.07) is 11.4. The number of hydrogen-bond acceptors (Lipinski definition) is 5. The third kappa shape index (κ3) is 5.59. The number of halogens is 2. The predicted molar refractivity (Wildman–Crippen MR) is 134 cm³/mol. The quantitative estimate of drug-likeness (QED) is 0.438. The molecule has 3 heterocycles. The highest BCUT2D eigenvalue weighted by Crippen LogP contribution is 2.37. The summed E-state index contributed by atoms with van der Waals surface area (Å²) in [4.78, 5) is 10.8. The standard InChI is InChI=1S/C23H23Cl2N5OS/c1-15-13-18(4-5-19(15)24)31-20-6-10-27-22(21(20)25)30-11-7-16(8-12-30)28-23(32)29-17-3-2-9-26-14-17/h2-6,9-10,13-14,16H,7-8,11-12H2,1H3,(H2,28,29,32). The minimum atomic E-state index is 0.276. The Kier molecular flexibility index (Phi) is 7.29. The highest BCUT2D eigenvalue weighted by molar-refractivity contribution is 7.80. The van der Waals surface area contributed by atoms with Crippen molar-refractivity contribution < 1.29 is 4.74 Å². The third-order valence-corrected chi connectivity index (χ3v) is 6.24. The molecule has 4 rings (SSSR count). The van der Waals surface area contributed by atoms with Gasteiger partial charge in [-0.25, -0.2) is 4.98 Å².